The number of quaternary nitrogens is 2. The highest BCUT2D eigenvalue weighted by molar-refractivity contribution is 5.92. The molecular formula is C39H62N6O20+2. The van der Waals surface area contributed by atoms with Gasteiger partial charge in [-0.15, -0.1) is 5.10 Å². The molecule has 0 aliphatic carbocycles. The van der Waals surface area contributed by atoms with Gasteiger partial charge in [-0.2, -0.15) is 5.10 Å². The van der Waals surface area contributed by atoms with E-state index in [1.165, 1.54) is 20.0 Å². The maximum atomic E-state index is 14.1. The Labute approximate surface area is 370 Å². The van der Waals surface area contributed by atoms with Crippen LogP contribution in [0.3, 0.4) is 0 Å². The average Bonchev–Trinajstić information content (AvgIpc) is 3.27. The normalized spacial score (nSPS) is 40.3. The summed E-state index contributed by atoms with van der Waals surface area (Å²) in [5, 5.41) is 126. The summed E-state index contributed by atoms with van der Waals surface area (Å²) in [4.78, 5) is 25.9. The fraction of sp³-hybridized carbons (Fsp3) is 0.744. The van der Waals surface area contributed by atoms with E-state index in [-0.39, 0.29) is 5.82 Å². The SMILES string of the molecule is CC(C)(O)C1OC(CO)C(O)C(COC2OC(C(=O)NNc3nncc4ccccc34)C(COC3OC(CO)C(O)C(COC4OC(C(=O)O)C(CO)C(O)C4O)C3[NH3+])C(O)C2O)C1[NH3+]. The number of aliphatic carboxylic acids is 1. The molecule has 1 aromatic heterocycles. The number of nitrogens with one attached hydrogen (secondary N) is 2. The molecule has 1 aromatic carbocycles. The number of carbonyl (C=O) groups excluding carboxylic acids is 1. The number of rotatable bonds is 17. The van der Waals surface area contributed by atoms with Crippen LogP contribution < -0.4 is 22.3 Å². The zero-order valence-electron chi connectivity index (χ0n) is 35.6. The lowest BCUT2D eigenvalue weighted by molar-refractivity contribution is -0.501. The van der Waals surface area contributed by atoms with Crippen LogP contribution >= 0.6 is 0 Å². The summed E-state index contributed by atoms with van der Waals surface area (Å²) in [6.45, 7) is -0.789. The number of nitrogens with zero attached hydrogens (tertiary/aromatic N) is 2. The molecule has 1 amide bonds. The van der Waals surface area contributed by atoms with Crippen molar-refractivity contribution in [3.63, 3.8) is 0 Å². The topological polar surface area (TPSA) is 426 Å². The number of amides is 1. The highest BCUT2D eigenvalue weighted by atomic mass is 16.7. The Morgan fingerprint density at radius 2 is 1.23 bits per heavy atom. The van der Waals surface area contributed by atoms with Crippen LogP contribution in [0.4, 0.5) is 5.82 Å². The number of aliphatic hydroxyl groups is 10. The van der Waals surface area contributed by atoms with Crippen molar-refractivity contribution in [1.29, 1.82) is 0 Å². The third kappa shape index (κ3) is 11.0. The van der Waals surface area contributed by atoms with E-state index in [1.54, 1.807) is 24.3 Å². The molecule has 20 unspecified atom stereocenters. The Morgan fingerprint density at radius 3 is 1.82 bits per heavy atom. The molecular weight excluding hydrogens is 872 g/mol. The van der Waals surface area contributed by atoms with Gasteiger partial charge in [0.15, 0.2) is 24.5 Å². The van der Waals surface area contributed by atoms with Crippen molar-refractivity contribution in [2.24, 2.45) is 23.7 Å². The third-order valence-electron chi connectivity index (χ3n) is 12.6. The van der Waals surface area contributed by atoms with Gasteiger partial charge in [0.1, 0.15) is 48.7 Å². The number of carboxylic acids is 1. The first-order valence-corrected chi connectivity index (χ1v) is 21.1. The van der Waals surface area contributed by atoms with Crippen LogP contribution in [-0.2, 0) is 42.7 Å². The van der Waals surface area contributed by atoms with Gasteiger partial charge < -0.3 is 101 Å². The average molecular weight is 935 g/mol. The van der Waals surface area contributed by atoms with Gasteiger partial charge in [-0.05, 0) is 13.8 Å². The minimum Gasteiger partial charge on any atom is -0.479 e. The van der Waals surface area contributed by atoms with E-state index in [2.05, 4.69) is 32.5 Å². The van der Waals surface area contributed by atoms with Crippen molar-refractivity contribution in [2.75, 3.05) is 45.1 Å². The van der Waals surface area contributed by atoms with E-state index in [4.69, 9.17) is 33.2 Å². The number of carboxylic acid groups (broad SMARTS) is 1. The molecule has 26 heteroatoms. The highest BCUT2D eigenvalue weighted by Crippen LogP contribution is 2.35. The van der Waals surface area contributed by atoms with Crippen molar-refractivity contribution < 1.29 is 110 Å². The molecule has 4 fully saturated rings. The summed E-state index contributed by atoms with van der Waals surface area (Å²) >= 11 is 0. The molecule has 4 aliphatic heterocycles. The molecule has 0 bridgehead atoms. The predicted molar refractivity (Wildman–Crippen MR) is 212 cm³/mol. The molecule has 19 N–H and O–H groups in total. The standard InChI is InChI=1S/C39H60N6O20/c1-39(2,58)32-22(40)17(24(49)20(9-47)62-32)11-60-37-29(54)27(52)19(30(64-37)34(55)45-44-33-15-6-4-3-5-14(15)7-42-43-33)13-59-36-23(41)18(25(50)21(10-48)63-36)12-61-38-28(53)26(51)16(8-46)31(65-38)35(56)57/h3-7,16-32,36-38,46-54,58H,8-13,40-41H2,1-2H3,(H,43,44)(H,45,55)(H,56,57)/p+2. The van der Waals surface area contributed by atoms with E-state index in [9.17, 15) is 65.8 Å². The van der Waals surface area contributed by atoms with Gasteiger partial charge in [0.05, 0.1) is 87.7 Å². The van der Waals surface area contributed by atoms with Crippen LogP contribution in [0.15, 0.2) is 30.5 Å². The molecule has 5 heterocycles. The van der Waals surface area contributed by atoms with Crippen molar-refractivity contribution in [3.8, 4) is 0 Å². The number of carbonyl (C=O) groups is 2. The van der Waals surface area contributed by atoms with Crippen molar-refractivity contribution in [3.05, 3.63) is 30.5 Å². The number of ether oxygens (including phenoxy) is 7. The van der Waals surface area contributed by atoms with E-state index in [0.29, 0.717) is 10.8 Å². The number of hydrazine groups is 1. The first-order valence-electron chi connectivity index (χ1n) is 21.1. The minimum absolute atomic E-state index is 0.146. The molecule has 4 aliphatic rings. The van der Waals surface area contributed by atoms with E-state index in [0.717, 1.165) is 0 Å². The number of hydrogen-bond donors (Lipinski definition) is 15. The summed E-state index contributed by atoms with van der Waals surface area (Å²) in [5.74, 6) is -7.11. The Bertz CT molecular complexity index is 1880. The van der Waals surface area contributed by atoms with Crippen LogP contribution in [-0.4, -0.2) is 222 Å². The Balaban J connectivity index is 1.19. The molecule has 20 atom stereocenters. The Morgan fingerprint density at radius 1 is 0.692 bits per heavy atom. The van der Waals surface area contributed by atoms with E-state index >= 15 is 0 Å². The van der Waals surface area contributed by atoms with E-state index in [1.807, 2.05) is 0 Å². The zero-order valence-corrected chi connectivity index (χ0v) is 35.6. The van der Waals surface area contributed by atoms with Gasteiger partial charge in [-0.1, -0.05) is 24.3 Å². The summed E-state index contributed by atoms with van der Waals surface area (Å²) in [6.07, 6.45) is -20.4. The number of aliphatic hydroxyl groups excluding tert-OH is 9. The quantitative estimate of drug-likeness (QED) is 0.0655. The first kappa shape index (κ1) is 50.9. The number of aromatic nitrogens is 2. The van der Waals surface area contributed by atoms with Gasteiger partial charge in [0.25, 0.3) is 5.91 Å². The van der Waals surface area contributed by atoms with Gasteiger partial charge in [-0.25, -0.2) is 4.79 Å². The van der Waals surface area contributed by atoms with Gasteiger partial charge in [0, 0.05) is 22.6 Å². The fourth-order valence-corrected chi connectivity index (χ4v) is 8.74. The van der Waals surface area contributed by atoms with Gasteiger partial charge in [-0.3, -0.25) is 15.6 Å². The van der Waals surface area contributed by atoms with Crippen molar-refractivity contribution in [2.45, 2.75) is 118 Å². The largest absolute Gasteiger partial charge is 0.479 e. The molecule has 65 heavy (non-hydrogen) atoms. The lowest BCUT2D eigenvalue weighted by atomic mass is 9.80. The molecule has 26 nitrogen and oxygen atoms in total. The predicted octanol–water partition coefficient (Wildman–Crippen LogP) is -8.25. The number of benzene rings is 1. The maximum absolute atomic E-state index is 14.1. The van der Waals surface area contributed by atoms with Crippen LogP contribution in [0.2, 0.25) is 0 Å². The third-order valence-corrected chi connectivity index (χ3v) is 12.6. The smallest absolute Gasteiger partial charge is 0.333 e. The first-order chi connectivity index (χ1) is 30.8. The monoisotopic (exact) mass is 934 g/mol. The second kappa shape index (κ2) is 21.7. The number of anilines is 1. The molecule has 6 rings (SSSR count). The van der Waals surface area contributed by atoms with Crippen LogP contribution in [0.5, 0.6) is 0 Å². The summed E-state index contributed by atoms with van der Waals surface area (Å²) in [7, 11) is 0. The molecule has 0 saturated carbocycles. The van der Waals surface area contributed by atoms with Gasteiger partial charge in [0.2, 0.25) is 6.29 Å². The van der Waals surface area contributed by atoms with Crippen LogP contribution in [0.1, 0.15) is 13.8 Å². The summed E-state index contributed by atoms with van der Waals surface area (Å²) < 4.78 is 40.6. The summed E-state index contributed by atoms with van der Waals surface area (Å²) in [5.41, 5.74) is 11.8. The lowest BCUT2D eigenvalue weighted by Gasteiger charge is -2.46. The van der Waals surface area contributed by atoms with Gasteiger partial charge >= 0.3 is 5.97 Å². The number of fused-ring (bicyclic) bond motifs is 1. The lowest BCUT2D eigenvalue weighted by Crippen LogP contribution is -2.79. The molecule has 0 spiro atoms. The van der Waals surface area contributed by atoms with Crippen LogP contribution in [0.25, 0.3) is 10.8 Å². The summed E-state index contributed by atoms with van der Waals surface area (Å²) in [6, 6.07) is 5.11. The Kier molecular flexibility index (Phi) is 17.0. The second-order valence-corrected chi connectivity index (χ2v) is 17.3. The molecule has 366 valence electrons. The minimum atomic E-state index is -1.86. The number of hydrogen-bond acceptors (Lipinski definition) is 22. The molecule has 2 aromatic rings. The van der Waals surface area contributed by atoms with E-state index < -0.39 is 179 Å². The van der Waals surface area contributed by atoms with Crippen LogP contribution in [0, 0.1) is 23.7 Å². The highest BCUT2D eigenvalue weighted by Gasteiger charge is 2.55. The second-order valence-electron chi connectivity index (χ2n) is 17.3. The Hall–Kier alpha value is -3.46. The zero-order chi connectivity index (χ0) is 47.5. The fourth-order valence-electron chi connectivity index (χ4n) is 8.74. The van der Waals surface area contributed by atoms with Crippen molar-refractivity contribution in [1.82, 2.24) is 15.6 Å². The molecule has 4 saturated heterocycles. The maximum Gasteiger partial charge on any atom is 0.333 e. The molecule has 0 radical (unpaired) electrons. The van der Waals surface area contributed by atoms with Crippen molar-refractivity contribution >= 4 is 28.5 Å².